The fourth-order valence-electron chi connectivity index (χ4n) is 2.59. The molecule has 0 radical (unpaired) electrons. The monoisotopic (exact) mass is 364 g/mol. The molecule has 1 unspecified atom stereocenters. The molecule has 0 bridgehead atoms. The van der Waals surface area contributed by atoms with Crippen LogP contribution in [-0.2, 0) is 14.4 Å². The lowest BCUT2D eigenvalue weighted by Crippen LogP contribution is -2.55. The van der Waals surface area contributed by atoms with Crippen LogP contribution in [0.1, 0.15) is 19.3 Å². The van der Waals surface area contributed by atoms with E-state index in [4.69, 9.17) is 4.74 Å². The molecule has 1 saturated heterocycles. The number of carboxylic acid groups (broad SMARTS) is 1. The molecule has 2 aliphatic rings. The minimum Gasteiger partial charge on any atom is -0.484 e. The number of anilines is 1. The van der Waals surface area contributed by atoms with Crippen molar-refractivity contribution in [2.75, 3.05) is 23.4 Å². The highest BCUT2D eigenvalue weighted by Gasteiger charge is 2.43. The van der Waals surface area contributed by atoms with Gasteiger partial charge in [-0.15, -0.1) is 0 Å². The number of rotatable bonds is 7. The Balaban J connectivity index is 1.53. The number of aliphatic carboxylic acids is 1. The van der Waals surface area contributed by atoms with Crippen molar-refractivity contribution in [3.05, 3.63) is 24.3 Å². The predicted octanol–water partition coefficient (Wildman–Crippen LogP) is 1.49. The topological polar surface area (TPSA) is 105 Å². The second kappa shape index (κ2) is 7.35. The van der Waals surface area contributed by atoms with Crippen molar-refractivity contribution in [3.8, 4) is 5.75 Å². The second-order valence-corrected chi connectivity index (χ2v) is 7.42. The van der Waals surface area contributed by atoms with Crippen LogP contribution in [-0.4, -0.2) is 46.5 Å². The van der Waals surface area contributed by atoms with Gasteiger partial charge in [-0.25, -0.2) is 4.79 Å². The Morgan fingerprint density at radius 2 is 2.12 bits per heavy atom. The number of carbonyl (C=O) groups excluding carboxylic acids is 2. The van der Waals surface area contributed by atoms with Crippen molar-refractivity contribution in [2.24, 2.45) is 5.92 Å². The van der Waals surface area contributed by atoms with Crippen LogP contribution in [0.3, 0.4) is 0 Å². The van der Waals surface area contributed by atoms with Gasteiger partial charge in [-0.05, 0) is 37.1 Å². The smallest absolute Gasteiger partial charge is 0.330 e. The third kappa shape index (κ3) is 4.45. The summed E-state index contributed by atoms with van der Waals surface area (Å²) in [6.45, 7) is -0.278. The first-order chi connectivity index (χ1) is 12.0. The molecule has 1 saturated carbocycles. The van der Waals surface area contributed by atoms with Gasteiger partial charge < -0.3 is 20.5 Å². The van der Waals surface area contributed by atoms with E-state index in [1.165, 1.54) is 11.8 Å². The summed E-state index contributed by atoms with van der Waals surface area (Å²) in [5.74, 6) is 0.109. The van der Waals surface area contributed by atoms with Gasteiger partial charge in [0.2, 0.25) is 5.91 Å². The van der Waals surface area contributed by atoms with Crippen molar-refractivity contribution >= 4 is 35.2 Å². The maximum Gasteiger partial charge on any atom is 0.330 e. The Kier molecular flexibility index (Phi) is 5.17. The van der Waals surface area contributed by atoms with Crippen LogP contribution < -0.4 is 15.4 Å². The maximum absolute atomic E-state index is 12.1. The van der Waals surface area contributed by atoms with Crippen LogP contribution in [0.2, 0.25) is 0 Å². The van der Waals surface area contributed by atoms with Crippen molar-refractivity contribution in [2.45, 2.75) is 24.8 Å². The van der Waals surface area contributed by atoms with E-state index in [0.29, 0.717) is 29.4 Å². The average Bonchev–Trinajstić information content (AvgIpc) is 3.33. The highest BCUT2D eigenvalue weighted by molar-refractivity contribution is 7.99. The minimum absolute atomic E-state index is 0.00275. The van der Waals surface area contributed by atoms with E-state index in [1.807, 2.05) is 0 Å². The van der Waals surface area contributed by atoms with E-state index in [-0.39, 0.29) is 18.4 Å². The molecule has 3 N–H and O–H groups in total. The molecule has 134 valence electrons. The van der Waals surface area contributed by atoms with E-state index in [0.717, 1.165) is 12.8 Å². The van der Waals surface area contributed by atoms with E-state index >= 15 is 0 Å². The van der Waals surface area contributed by atoms with Crippen molar-refractivity contribution in [1.82, 2.24) is 5.32 Å². The number of thioether (sulfide) groups is 1. The number of benzene rings is 1. The Morgan fingerprint density at radius 1 is 1.32 bits per heavy atom. The third-order valence-electron chi connectivity index (χ3n) is 4.23. The Labute approximate surface area is 149 Å². The summed E-state index contributed by atoms with van der Waals surface area (Å²) in [5.41, 5.74) is -0.588. The van der Waals surface area contributed by atoms with Crippen LogP contribution in [0, 0.1) is 5.92 Å². The standard InChI is InChI=1S/C17H20N2O5S/c20-14(19-17(16(22)23)6-7-25-10-17)9-24-13-3-1-2-12(8-13)18-15(21)11-4-5-11/h1-3,8,11H,4-7,9-10H2,(H,18,21)(H,19,20)(H,22,23). The zero-order chi connectivity index (χ0) is 17.9. The largest absolute Gasteiger partial charge is 0.484 e. The van der Waals surface area contributed by atoms with Gasteiger partial charge in [0.05, 0.1) is 0 Å². The highest BCUT2D eigenvalue weighted by Crippen LogP contribution is 2.31. The van der Waals surface area contributed by atoms with Gasteiger partial charge in [0, 0.05) is 23.4 Å². The molecule has 2 fully saturated rings. The first-order valence-corrected chi connectivity index (χ1v) is 9.30. The van der Waals surface area contributed by atoms with Gasteiger partial charge in [-0.3, -0.25) is 9.59 Å². The van der Waals surface area contributed by atoms with Crippen LogP contribution in [0.5, 0.6) is 5.75 Å². The quantitative estimate of drug-likeness (QED) is 0.677. The zero-order valence-electron chi connectivity index (χ0n) is 13.6. The molecule has 7 nitrogen and oxygen atoms in total. The summed E-state index contributed by atoms with van der Waals surface area (Å²) >= 11 is 1.50. The first-order valence-electron chi connectivity index (χ1n) is 8.14. The van der Waals surface area contributed by atoms with Gasteiger partial charge in [-0.2, -0.15) is 11.8 Å². The molecule has 1 heterocycles. The molecular formula is C17H20N2O5S. The molecule has 1 aliphatic carbocycles. The van der Waals surface area contributed by atoms with Crippen LogP contribution in [0.15, 0.2) is 24.3 Å². The van der Waals surface area contributed by atoms with E-state index in [1.54, 1.807) is 24.3 Å². The molecule has 1 atom stereocenters. The van der Waals surface area contributed by atoms with Crippen molar-refractivity contribution < 1.29 is 24.2 Å². The van der Waals surface area contributed by atoms with Gasteiger partial charge >= 0.3 is 5.97 Å². The summed E-state index contributed by atoms with van der Waals surface area (Å²) < 4.78 is 5.44. The Hall–Kier alpha value is -2.22. The van der Waals surface area contributed by atoms with Crippen LogP contribution in [0.4, 0.5) is 5.69 Å². The molecule has 1 aromatic rings. The molecule has 25 heavy (non-hydrogen) atoms. The normalized spacial score (nSPS) is 22.2. The summed E-state index contributed by atoms with van der Waals surface area (Å²) in [5, 5.41) is 14.7. The maximum atomic E-state index is 12.1. The lowest BCUT2D eigenvalue weighted by Gasteiger charge is -2.24. The third-order valence-corrected chi connectivity index (χ3v) is 5.42. The second-order valence-electron chi connectivity index (χ2n) is 6.32. The zero-order valence-corrected chi connectivity index (χ0v) is 14.4. The number of hydrogen-bond acceptors (Lipinski definition) is 5. The molecule has 0 aromatic heterocycles. The summed E-state index contributed by atoms with van der Waals surface area (Å²) in [6, 6.07) is 6.80. The van der Waals surface area contributed by atoms with Gasteiger partial charge in [-0.1, -0.05) is 6.07 Å². The lowest BCUT2D eigenvalue weighted by molar-refractivity contribution is -0.146. The molecule has 0 spiro atoms. The Morgan fingerprint density at radius 3 is 2.76 bits per heavy atom. The minimum atomic E-state index is -1.20. The summed E-state index contributed by atoms with van der Waals surface area (Å²) in [4.78, 5) is 35.3. The number of carboxylic acids is 1. The number of nitrogens with one attached hydrogen (secondary N) is 2. The van der Waals surface area contributed by atoms with E-state index in [2.05, 4.69) is 10.6 Å². The number of ether oxygens (including phenoxy) is 1. The van der Waals surface area contributed by atoms with Crippen molar-refractivity contribution in [1.29, 1.82) is 0 Å². The van der Waals surface area contributed by atoms with Crippen LogP contribution in [0.25, 0.3) is 0 Å². The average molecular weight is 364 g/mol. The first kappa shape index (κ1) is 17.6. The molecular weight excluding hydrogens is 344 g/mol. The van der Waals surface area contributed by atoms with Crippen LogP contribution >= 0.6 is 11.8 Å². The van der Waals surface area contributed by atoms with Crippen molar-refractivity contribution in [3.63, 3.8) is 0 Å². The highest BCUT2D eigenvalue weighted by atomic mass is 32.2. The van der Waals surface area contributed by atoms with Gasteiger partial charge in [0.15, 0.2) is 6.61 Å². The molecule has 1 aliphatic heterocycles. The number of carbonyl (C=O) groups is 3. The molecule has 1 aromatic carbocycles. The lowest BCUT2D eigenvalue weighted by atomic mass is 9.99. The van der Waals surface area contributed by atoms with Gasteiger partial charge in [0.1, 0.15) is 11.3 Å². The van der Waals surface area contributed by atoms with E-state index < -0.39 is 17.4 Å². The summed E-state index contributed by atoms with van der Waals surface area (Å²) in [7, 11) is 0. The number of hydrogen-bond donors (Lipinski definition) is 3. The SMILES string of the molecule is O=C(COc1cccc(NC(=O)C2CC2)c1)NC1(C(=O)O)CCSC1. The predicted molar refractivity (Wildman–Crippen MR) is 93.7 cm³/mol. The number of amides is 2. The Bertz CT molecular complexity index is 683. The molecule has 8 heteroatoms. The fourth-order valence-corrected chi connectivity index (χ4v) is 3.92. The molecule has 3 rings (SSSR count). The summed E-state index contributed by atoms with van der Waals surface area (Å²) in [6.07, 6.45) is 2.25. The fraction of sp³-hybridized carbons (Fsp3) is 0.471. The van der Waals surface area contributed by atoms with E-state index in [9.17, 15) is 19.5 Å². The van der Waals surface area contributed by atoms with Gasteiger partial charge in [0.25, 0.3) is 5.91 Å². The molecule has 2 amide bonds.